The SMILES string of the molecule is [2H]c1nc2cc([C@H]3CC[C@H](C)CN3C(=O)C(=O)Nc3cnc(N)c(C)c3)ccc2s1. The normalized spacial score (nSPS) is 19.8. The zero-order valence-corrected chi connectivity index (χ0v) is 17.1. The molecule has 3 heterocycles. The summed E-state index contributed by atoms with van der Waals surface area (Å²) in [5, 5.41) is 2.64. The number of pyridine rings is 1. The minimum Gasteiger partial charge on any atom is -0.383 e. The molecular formula is C21H23N5O2S. The number of anilines is 2. The van der Waals surface area contributed by atoms with E-state index in [0.29, 0.717) is 24.0 Å². The third kappa shape index (κ3) is 3.93. The minimum absolute atomic E-state index is 0.203. The average Bonchev–Trinajstić information content (AvgIpc) is 3.09. The van der Waals surface area contributed by atoms with E-state index in [1.54, 1.807) is 17.9 Å². The van der Waals surface area contributed by atoms with Crippen LogP contribution in [0.3, 0.4) is 0 Å². The van der Waals surface area contributed by atoms with Gasteiger partial charge in [-0.05, 0) is 55.0 Å². The lowest BCUT2D eigenvalue weighted by atomic mass is 9.89. The fourth-order valence-electron chi connectivity index (χ4n) is 3.73. The monoisotopic (exact) mass is 410 g/mol. The molecule has 0 saturated carbocycles. The highest BCUT2D eigenvalue weighted by Crippen LogP contribution is 2.35. The molecule has 2 atom stereocenters. The standard InChI is InChI=1S/C21H23N5O2S/c1-12-3-5-17(14-4-6-18-16(8-14)24-11-29-18)26(10-12)21(28)20(27)25-15-7-13(2)19(22)23-9-15/h4,6-9,11-12,17H,3,5,10H2,1-2H3,(H2,22,23)(H,25,27)/t12-,17+/m0/s1/i11D. The number of amides is 2. The van der Waals surface area contributed by atoms with E-state index >= 15 is 0 Å². The molecule has 4 rings (SSSR count). The summed E-state index contributed by atoms with van der Waals surface area (Å²) in [5.74, 6) is -0.567. The quantitative estimate of drug-likeness (QED) is 0.630. The molecule has 1 fully saturated rings. The van der Waals surface area contributed by atoms with E-state index in [4.69, 9.17) is 7.10 Å². The zero-order valence-electron chi connectivity index (χ0n) is 17.3. The number of aryl methyl sites for hydroxylation is 1. The summed E-state index contributed by atoms with van der Waals surface area (Å²) in [6, 6.07) is 7.32. The van der Waals surface area contributed by atoms with Gasteiger partial charge >= 0.3 is 11.8 Å². The number of nitrogens with zero attached hydrogens (tertiary/aromatic N) is 3. The van der Waals surface area contributed by atoms with Crippen molar-refractivity contribution in [2.75, 3.05) is 17.6 Å². The fourth-order valence-corrected chi connectivity index (χ4v) is 4.32. The number of piperidine rings is 1. The van der Waals surface area contributed by atoms with Gasteiger partial charge in [0.1, 0.15) is 5.82 Å². The van der Waals surface area contributed by atoms with E-state index in [2.05, 4.69) is 22.2 Å². The molecule has 29 heavy (non-hydrogen) atoms. The van der Waals surface area contributed by atoms with Gasteiger partial charge in [-0.3, -0.25) is 9.59 Å². The van der Waals surface area contributed by atoms with Crippen molar-refractivity contribution in [2.24, 2.45) is 5.92 Å². The molecule has 2 amide bonds. The molecule has 2 aromatic heterocycles. The molecule has 0 unspecified atom stereocenters. The number of nitrogen functional groups attached to an aromatic ring is 1. The van der Waals surface area contributed by atoms with Gasteiger partial charge in [-0.15, -0.1) is 11.3 Å². The van der Waals surface area contributed by atoms with Gasteiger partial charge in [-0.1, -0.05) is 13.0 Å². The Kier molecular flexibility index (Phi) is 4.85. The van der Waals surface area contributed by atoms with E-state index in [9.17, 15) is 9.59 Å². The lowest BCUT2D eigenvalue weighted by molar-refractivity contribution is -0.146. The molecule has 1 saturated heterocycles. The summed E-state index contributed by atoms with van der Waals surface area (Å²) in [5.41, 5.74) is 8.84. The number of fused-ring (bicyclic) bond motifs is 1. The molecule has 0 aliphatic carbocycles. The number of hydrogen-bond acceptors (Lipinski definition) is 6. The first kappa shape index (κ1) is 18.1. The first-order valence-electron chi connectivity index (χ1n) is 10.0. The number of likely N-dealkylation sites (tertiary alicyclic amines) is 1. The Morgan fingerprint density at radius 3 is 2.93 bits per heavy atom. The molecule has 1 aliphatic heterocycles. The molecule has 3 aromatic rings. The number of rotatable bonds is 2. The Labute approximate surface area is 174 Å². The molecule has 0 radical (unpaired) electrons. The van der Waals surface area contributed by atoms with Gasteiger partial charge in [0.2, 0.25) is 0 Å². The van der Waals surface area contributed by atoms with Crippen LogP contribution in [-0.4, -0.2) is 33.2 Å². The topological polar surface area (TPSA) is 101 Å². The first-order valence-corrected chi connectivity index (χ1v) is 10.3. The van der Waals surface area contributed by atoms with Crippen LogP contribution in [0.2, 0.25) is 0 Å². The highest BCUT2D eigenvalue weighted by atomic mass is 32.1. The maximum absolute atomic E-state index is 13.1. The van der Waals surface area contributed by atoms with Gasteiger partial charge in [0, 0.05) is 6.54 Å². The summed E-state index contributed by atoms with van der Waals surface area (Å²) in [6.07, 6.45) is 3.18. The highest BCUT2D eigenvalue weighted by Gasteiger charge is 2.34. The van der Waals surface area contributed by atoms with E-state index in [-0.39, 0.29) is 11.5 Å². The molecule has 1 aliphatic rings. The van der Waals surface area contributed by atoms with Gasteiger partial charge in [0.05, 0.1) is 35.0 Å². The van der Waals surface area contributed by atoms with Crippen LogP contribution >= 0.6 is 11.3 Å². The van der Waals surface area contributed by atoms with Crippen molar-refractivity contribution in [1.82, 2.24) is 14.9 Å². The number of carbonyl (C=O) groups is 2. The number of aromatic nitrogens is 2. The van der Waals surface area contributed by atoms with Crippen LogP contribution in [0.1, 0.15) is 38.3 Å². The lowest BCUT2D eigenvalue weighted by Gasteiger charge is -2.38. The van der Waals surface area contributed by atoms with E-state index in [0.717, 1.165) is 34.2 Å². The Balaban J connectivity index is 1.58. The van der Waals surface area contributed by atoms with Crippen molar-refractivity contribution in [3.63, 3.8) is 0 Å². The molecule has 3 N–H and O–H groups in total. The second-order valence-corrected chi connectivity index (χ2v) is 8.39. The number of carbonyl (C=O) groups excluding carboxylic acids is 2. The Bertz CT molecular complexity index is 1130. The fraction of sp³-hybridized carbons (Fsp3) is 0.333. The molecule has 0 spiro atoms. The zero-order chi connectivity index (χ0) is 21.4. The van der Waals surface area contributed by atoms with Crippen LogP contribution in [-0.2, 0) is 9.59 Å². The number of benzene rings is 1. The summed E-state index contributed by atoms with van der Waals surface area (Å²) in [6.45, 7) is 4.38. The third-order valence-electron chi connectivity index (χ3n) is 5.34. The molecule has 1 aromatic carbocycles. The summed E-state index contributed by atoms with van der Waals surface area (Å²) in [7, 11) is 0. The van der Waals surface area contributed by atoms with Crippen molar-refractivity contribution >= 4 is 44.9 Å². The smallest absolute Gasteiger partial charge is 0.313 e. The van der Waals surface area contributed by atoms with Crippen molar-refractivity contribution in [3.8, 4) is 0 Å². The van der Waals surface area contributed by atoms with Crippen molar-refractivity contribution in [2.45, 2.75) is 32.7 Å². The number of hydrogen-bond donors (Lipinski definition) is 2. The van der Waals surface area contributed by atoms with Crippen molar-refractivity contribution < 1.29 is 11.0 Å². The maximum Gasteiger partial charge on any atom is 0.313 e. The van der Waals surface area contributed by atoms with Crippen molar-refractivity contribution in [3.05, 3.63) is 47.1 Å². The van der Waals surface area contributed by atoms with Crippen LogP contribution in [0.5, 0.6) is 0 Å². The summed E-state index contributed by atoms with van der Waals surface area (Å²) >= 11 is 1.32. The number of nitrogens with two attached hydrogens (primary N) is 1. The van der Waals surface area contributed by atoms with Crippen LogP contribution in [0, 0.1) is 12.8 Å². The first-order chi connectivity index (χ1) is 14.3. The molecular weight excluding hydrogens is 386 g/mol. The lowest BCUT2D eigenvalue weighted by Crippen LogP contribution is -2.46. The van der Waals surface area contributed by atoms with Gasteiger partial charge in [0.15, 0.2) is 0 Å². The van der Waals surface area contributed by atoms with Gasteiger partial charge in [0.25, 0.3) is 0 Å². The van der Waals surface area contributed by atoms with E-state index < -0.39 is 11.8 Å². The summed E-state index contributed by atoms with van der Waals surface area (Å²) in [4.78, 5) is 35.7. The van der Waals surface area contributed by atoms with Crippen LogP contribution < -0.4 is 11.1 Å². The predicted octanol–water partition coefficient (Wildman–Crippen LogP) is 3.52. The van der Waals surface area contributed by atoms with Crippen molar-refractivity contribution in [1.29, 1.82) is 0 Å². The Hall–Kier alpha value is -3.00. The van der Waals surface area contributed by atoms with Gasteiger partial charge in [-0.2, -0.15) is 0 Å². The van der Waals surface area contributed by atoms with Crippen LogP contribution in [0.25, 0.3) is 10.2 Å². The second kappa shape index (κ2) is 7.79. The molecule has 8 heteroatoms. The van der Waals surface area contributed by atoms with E-state index in [1.807, 2.05) is 18.2 Å². The highest BCUT2D eigenvalue weighted by molar-refractivity contribution is 7.16. The molecule has 0 bridgehead atoms. The van der Waals surface area contributed by atoms with E-state index in [1.165, 1.54) is 17.5 Å². The third-order valence-corrected chi connectivity index (χ3v) is 6.09. The van der Waals surface area contributed by atoms with Crippen LogP contribution in [0.4, 0.5) is 11.5 Å². The minimum atomic E-state index is -0.691. The van der Waals surface area contributed by atoms with Crippen LogP contribution in [0.15, 0.2) is 35.9 Å². The second-order valence-electron chi connectivity index (χ2n) is 7.57. The molecule has 150 valence electrons. The average molecular weight is 411 g/mol. The Morgan fingerprint density at radius 2 is 2.14 bits per heavy atom. The largest absolute Gasteiger partial charge is 0.383 e. The maximum atomic E-state index is 13.1. The molecule has 7 nitrogen and oxygen atoms in total. The Morgan fingerprint density at radius 1 is 1.31 bits per heavy atom. The predicted molar refractivity (Wildman–Crippen MR) is 114 cm³/mol. The number of thiazole rings is 1. The van der Waals surface area contributed by atoms with Gasteiger partial charge < -0.3 is 16.0 Å². The summed E-state index contributed by atoms with van der Waals surface area (Å²) < 4.78 is 8.68. The van der Waals surface area contributed by atoms with Gasteiger partial charge in [-0.25, -0.2) is 9.97 Å². The number of nitrogens with one attached hydrogen (secondary N) is 1.